The molecule has 0 aliphatic carbocycles. The Kier molecular flexibility index (Phi) is 6.83. The first kappa shape index (κ1) is 24.7. The summed E-state index contributed by atoms with van der Waals surface area (Å²) < 4.78 is 33.3. The van der Waals surface area contributed by atoms with E-state index in [4.69, 9.17) is 4.74 Å². The van der Waals surface area contributed by atoms with Gasteiger partial charge in [0.15, 0.2) is 0 Å². The minimum Gasteiger partial charge on any atom is -0.457 e. The maximum atomic E-state index is 12.8. The van der Waals surface area contributed by atoms with Crippen molar-refractivity contribution in [2.45, 2.75) is 44.4 Å². The van der Waals surface area contributed by atoms with Crippen LogP contribution in [0.2, 0.25) is 0 Å². The van der Waals surface area contributed by atoms with Gasteiger partial charge in [0.25, 0.3) is 5.91 Å². The smallest absolute Gasteiger partial charge is 0.256 e. The largest absolute Gasteiger partial charge is 0.457 e. The normalized spacial score (nSPS) is 14.5. The molecule has 3 aromatic carbocycles. The summed E-state index contributed by atoms with van der Waals surface area (Å²) in [5, 5.41) is 2.84. The van der Waals surface area contributed by atoms with Gasteiger partial charge in [0.2, 0.25) is 10.0 Å². The van der Waals surface area contributed by atoms with Gasteiger partial charge in [0.1, 0.15) is 11.5 Å². The molecule has 1 aliphatic rings. The lowest BCUT2D eigenvalue weighted by Gasteiger charge is -2.21. The maximum absolute atomic E-state index is 12.8. The van der Waals surface area contributed by atoms with Crippen LogP contribution in [0.25, 0.3) is 11.6 Å². The Labute approximate surface area is 207 Å². The second-order valence-electron chi connectivity index (χ2n) is 9.18. The average molecular weight is 491 g/mol. The highest BCUT2D eigenvalue weighted by atomic mass is 32.2. The number of hydrogen-bond donors (Lipinski definition) is 2. The molecule has 4 rings (SSSR count). The molecule has 0 saturated carbocycles. The second kappa shape index (κ2) is 9.68. The lowest BCUT2D eigenvalue weighted by atomic mass is 9.90. The van der Waals surface area contributed by atoms with Gasteiger partial charge in [-0.1, -0.05) is 45.9 Å². The van der Waals surface area contributed by atoms with Crippen molar-refractivity contribution in [3.8, 4) is 11.5 Å². The van der Waals surface area contributed by atoms with Crippen LogP contribution < -0.4 is 14.8 Å². The van der Waals surface area contributed by atoms with E-state index in [1.54, 1.807) is 6.07 Å². The van der Waals surface area contributed by atoms with Crippen LogP contribution in [0.3, 0.4) is 0 Å². The average Bonchev–Trinajstić information content (AvgIpc) is 3.14. The van der Waals surface area contributed by atoms with E-state index in [1.165, 1.54) is 19.2 Å². The number of benzene rings is 3. The summed E-state index contributed by atoms with van der Waals surface area (Å²) in [7, 11) is -2.27. The topological polar surface area (TPSA) is 84.5 Å². The van der Waals surface area contributed by atoms with Gasteiger partial charge in [-0.2, -0.15) is 0 Å². The SMILES string of the molecule is CNS(=O)(=O)c1ccc2c(c1)C(=Cc1cc(C(C)C)c(Oc3ccccc3)c(C(C)C)c1)C(=O)N2. The van der Waals surface area contributed by atoms with E-state index < -0.39 is 10.0 Å². The molecule has 2 N–H and O–H groups in total. The monoisotopic (exact) mass is 490 g/mol. The molecular formula is C28H30N2O4S. The molecule has 0 unspecified atom stereocenters. The molecular weight excluding hydrogens is 460 g/mol. The lowest BCUT2D eigenvalue weighted by Crippen LogP contribution is -2.18. The van der Waals surface area contributed by atoms with E-state index in [0.717, 1.165) is 28.2 Å². The molecule has 7 heteroatoms. The summed E-state index contributed by atoms with van der Waals surface area (Å²) in [6.45, 7) is 8.45. The zero-order valence-electron chi connectivity index (χ0n) is 20.5. The van der Waals surface area contributed by atoms with Crippen molar-refractivity contribution in [1.82, 2.24) is 4.72 Å². The molecule has 0 spiro atoms. The Balaban J connectivity index is 1.85. The number of fused-ring (bicyclic) bond motifs is 1. The maximum Gasteiger partial charge on any atom is 0.256 e. The molecule has 3 aromatic rings. The van der Waals surface area contributed by atoms with Crippen molar-refractivity contribution in [2.24, 2.45) is 0 Å². The van der Waals surface area contributed by atoms with Crippen LogP contribution in [0, 0.1) is 0 Å². The number of sulfonamides is 1. The van der Waals surface area contributed by atoms with Gasteiger partial charge in [-0.15, -0.1) is 0 Å². The molecule has 182 valence electrons. The Hall–Kier alpha value is -3.42. The summed E-state index contributed by atoms with van der Waals surface area (Å²) in [4.78, 5) is 13.0. The first-order chi connectivity index (χ1) is 16.6. The van der Waals surface area contributed by atoms with Gasteiger partial charge in [0, 0.05) is 16.8 Å². The molecule has 0 saturated heterocycles. The molecule has 1 amide bonds. The number of para-hydroxylation sites is 1. The Morgan fingerprint density at radius 3 is 2.11 bits per heavy atom. The van der Waals surface area contributed by atoms with E-state index >= 15 is 0 Å². The predicted octanol–water partition coefficient (Wildman–Crippen LogP) is 6.13. The van der Waals surface area contributed by atoms with Crippen LogP contribution in [0.15, 0.2) is 65.6 Å². The molecule has 1 heterocycles. The number of anilines is 1. The number of rotatable bonds is 7. The zero-order valence-corrected chi connectivity index (χ0v) is 21.4. The van der Waals surface area contributed by atoms with E-state index in [0.29, 0.717) is 16.8 Å². The van der Waals surface area contributed by atoms with Crippen molar-refractivity contribution in [2.75, 3.05) is 12.4 Å². The highest BCUT2D eigenvalue weighted by Gasteiger charge is 2.27. The van der Waals surface area contributed by atoms with Gasteiger partial charge in [-0.05, 0) is 84.1 Å². The predicted molar refractivity (Wildman–Crippen MR) is 140 cm³/mol. The quantitative estimate of drug-likeness (QED) is 0.391. The summed E-state index contributed by atoms with van der Waals surface area (Å²) in [5.74, 6) is 1.70. The zero-order chi connectivity index (χ0) is 25.3. The number of carbonyl (C=O) groups excluding carboxylic acids is 1. The minimum atomic E-state index is -3.64. The van der Waals surface area contributed by atoms with Crippen molar-refractivity contribution >= 4 is 33.3 Å². The van der Waals surface area contributed by atoms with Crippen molar-refractivity contribution in [3.63, 3.8) is 0 Å². The van der Waals surface area contributed by atoms with E-state index in [-0.39, 0.29) is 22.6 Å². The third-order valence-corrected chi connectivity index (χ3v) is 7.45. The van der Waals surface area contributed by atoms with Crippen LogP contribution in [0.1, 0.15) is 61.8 Å². The van der Waals surface area contributed by atoms with E-state index in [1.807, 2.05) is 48.5 Å². The van der Waals surface area contributed by atoms with Crippen LogP contribution in [0.4, 0.5) is 5.69 Å². The van der Waals surface area contributed by atoms with Crippen molar-refractivity contribution in [3.05, 3.63) is 82.9 Å². The fourth-order valence-electron chi connectivity index (χ4n) is 4.13. The highest BCUT2D eigenvalue weighted by Crippen LogP contribution is 2.40. The number of hydrogen-bond acceptors (Lipinski definition) is 4. The van der Waals surface area contributed by atoms with Gasteiger partial charge >= 0.3 is 0 Å². The molecule has 0 radical (unpaired) electrons. The highest BCUT2D eigenvalue weighted by molar-refractivity contribution is 7.89. The first-order valence-corrected chi connectivity index (χ1v) is 13.1. The van der Waals surface area contributed by atoms with Gasteiger partial charge in [-0.3, -0.25) is 4.79 Å². The molecule has 0 aromatic heterocycles. The Bertz CT molecular complexity index is 1380. The van der Waals surface area contributed by atoms with E-state index in [9.17, 15) is 13.2 Å². The van der Waals surface area contributed by atoms with Gasteiger partial charge in [0.05, 0.1) is 4.90 Å². The second-order valence-corrected chi connectivity index (χ2v) is 11.1. The third kappa shape index (κ3) is 5.01. The molecule has 0 bridgehead atoms. The van der Waals surface area contributed by atoms with Crippen LogP contribution in [-0.4, -0.2) is 21.4 Å². The summed E-state index contributed by atoms with van der Waals surface area (Å²) >= 11 is 0. The number of nitrogens with one attached hydrogen (secondary N) is 2. The van der Waals surface area contributed by atoms with Gasteiger partial charge < -0.3 is 10.1 Å². The third-order valence-electron chi connectivity index (χ3n) is 6.04. The Morgan fingerprint density at radius 2 is 1.54 bits per heavy atom. The minimum absolute atomic E-state index is 0.110. The molecule has 0 atom stereocenters. The first-order valence-electron chi connectivity index (χ1n) is 11.6. The fourth-order valence-corrected chi connectivity index (χ4v) is 4.88. The van der Waals surface area contributed by atoms with Gasteiger partial charge in [-0.25, -0.2) is 13.1 Å². The number of ether oxygens (including phenoxy) is 1. The molecule has 35 heavy (non-hydrogen) atoms. The van der Waals surface area contributed by atoms with E-state index in [2.05, 4.69) is 37.7 Å². The van der Waals surface area contributed by atoms with Crippen LogP contribution in [0.5, 0.6) is 11.5 Å². The van der Waals surface area contributed by atoms with Crippen LogP contribution in [-0.2, 0) is 14.8 Å². The Morgan fingerprint density at radius 1 is 0.914 bits per heavy atom. The molecule has 0 fully saturated rings. The number of amides is 1. The molecule has 1 aliphatic heterocycles. The number of carbonyl (C=O) groups is 1. The lowest BCUT2D eigenvalue weighted by molar-refractivity contribution is -0.110. The summed E-state index contributed by atoms with van der Waals surface area (Å²) in [5.41, 5.74) is 4.52. The molecule has 6 nitrogen and oxygen atoms in total. The van der Waals surface area contributed by atoms with Crippen molar-refractivity contribution < 1.29 is 17.9 Å². The standard InChI is InChI=1S/C28H30N2O4S/c1-17(2)22-13-19(14-23(18(3)4)27(22)34-20-9-7-6-8-10-20)15-25-24-16-21(35(32,33)29-5)11-12-26(24)30-28(25)31/h6-18,29H,1-5H3,(H,30,31). The van der Waals surface area contributed by atoms with Crippen LogP contribution >= 0.6 is 0 Å². The van der Waals surface area contributed by atoms with Crippen molar-refractivity contribution in [1.29, 1.82) is 0 Å². The fraction of sp³-hybridized carbons (Fsp3) is 0.250. The summed E-state index contributed by atoms with van der Waals surface area (Å²) in [6, 6.07) is 18.4. The summed E-state index contributed by atoms with van der Waals surface area (Å²) in [6.07, 6.45) is 1.82.